The fraction of sp³-hybridized carbons (Fsp3) is 0.579. The molecule has 130 valence electrons. The Kier molecular flexibility index (Phi) is 5.77. The number of piperidine rings is 1. The Morgan fingerprint density at radius 1 is 1.12 bits per heavy atom. The molecule has 2 aliphatic rings. The minimum atomic E-state index is -0.220. The maximum atomic E-state index is 12.6. The standard InChI is InChI=1S/C19H25ClN2O2/c20-16-9-3-2-8-15(16)19(24)21-12-11-18(23)22-13-5-7-14-6-1-4-10-17(14)22/h2-3,8-9,14,17H,1,4-7,10-13H2,(H,21,24)/t14-,17-/m0/s1. The lowest BCUT2D eigenvalue weighted by Crippen LogP contribution is -2.50. The molecule has 2 fully saturated rings. The lowest BCUT2D eigenvalue weighted by atomic mass is 9.78. The van der Waals surface area contributed by atoms with Crippen molar-refractivity contribution in [1.29, 1.82) is 0 Å². The van der Waals surface area contributed by atoms with E-state index in [1.807, 2.05) is 0 Å². The number of benzene rings is 1. The van der Waals surface area contributed by atoms with Gasteiger partial charge in [-0.05, 0) is 43.7 Å². The maximum Gasteiger partial charge on any atom is 0.252 e. The first-order valence-corrected chi connectivity index (χ1v) is 9.37. The summed E-state index contributed by atoms with van der Waals surface area (Å²) in [4.78, 5) is 26.8. The van der Waals surface area contributed by atoms with E-state index in [-0.39, 0.29) is 11.8 Å². The number of halogens is 1. The zero-order valence-electron chi connectivity index (χ0n) is 14.0. The summed E-state index contributed by atoms with van der Waals surface area (Å²) in [6, 6.07) is 7.39. The van der Waals surface area contributed by atoms with Gasteiger partial charge in [0.25, 0.3) is 5.91 Å². The van der Waals surface area contributed by atoms with Crippen LogP contribution in [0.3, 0.4) is 0 Å². The summed E-state index contributed by atoms with van der Waals surface area (Å²) >= 11 is 6.02. The van der Waals surface area contributed by atoms with E-state index in [0.29, 0.717) is 35.5 Å². The normalized spacial score (nSPS) is 23.5. The molecule has 1 aliphatic carbocycles. The Bertz CT molecular complexity index is 603. The number of carbonyl (C=O) groups is 2. The van der Waals surface area contributed by atoms with E-state index in [0.717, 1.165) is 19.4 Å². The highest BCUT2D eigenvalue weighted by Crippen LogP contribution is 2.35. The molecular formula is C19H25ClN2O2. The fourth-order valence-electron chi connectivity index (χ4n) is 4.10. The van der Waals surface area contributed by atoms with Crippen molar-refractivity contribution in [3.63, 3.8) is 0 Å². The highest BCUT2D eigenvalue weighted by atomic mass is 35.5. The molecule has 5 heteroatoms. The molecule has 2 atom stereocenters. The van der Waals surface area contributed by atoms with E-state index >= 15 is 0 Å². The van der Waals surface area contributed by atoms with Crippen LogP contribution in [0.25, 0.3) is 0 Å². The monoisotopic (exact) mass is 348 g/mol. The molecule has 1 saturated carbocycles. The Morgan fingerprint density at radius 3 is 2.71 bits per heavy atom. The Hall–Kier alpha value is -1.55. The van der Waals surface area contributed by atoms with Crippen molar-refractivity contribution >= 4 is 23.4 Å². The topological polar surface area (TPSA) is 49.4 Å². The van der Waals surface area contributed by atoms with Crippen LogP contribution in [0.1, 0.15) is 55.3 Å². The van der Waals surface area contributed by atoms with Gasteiger partial charge in [-0.1, -0.05) is 36.6 Å². The van der Waals surface area contributed by atoms with Gasteiger partial charge in [0.15, 0.2) is 0 Å². The molecule has 1 N–H and O–H groups in total. The summed E-state index contributed by atoms with van der Waals surface area (Å²) in [7, 11) is 0. The quantitative estimate of drug-likeness (QED) is 0.903. The van der Waals surface area contributed by atoms with Crippen molar-refractivity contribution in [2.75, 3.05) is 13.1 Å². The zero-order valence-corrected chi connectivity index (χ0v) is 14.7. The molecule has 2 amide bonds. The van der Waals surface area contributed by atoms with Gasteiger partial charge in [0.1, 0.15) is 0 Å². The van der Waals surface area contributed by atoms with Crippen molar-refractivity contribution in [2.45, 2.75) is 51.0 Å². The average molecular weight is 349 g/mol. The Labute approximate surface area is 148 Å². The van der Waals surface area contributed by atoms with Crippen LogP contribution in [0.4, 0.5) is 0 Å². The molecule has 0 spiro atoms. The molecule has 0 bridgehead atoms. The van der Waals surface area contributed by atoms with Crippen molar-refractivity contribution in [3.05, 3.63) is 34.9 Å². The van der Waals surface area contributed by atoms with Crippen molar-refractivity contribution in [2.24, 2.45) is 5.92 Å². The van der Waals surface area contributed by atoms with Gasteiger partial charge in [-0.2, -0.15) is 0 Å². The first kappa shape index (κ1) is 17.3. The number of rotatable bonds is 4. The third kappa shape index (κ3) is 3.92. The van der Waals surface area contributed by atoms with Gasteiger partial charge >= 0.3 is 0 Å². The number of likely N-dealkylation sites (tertiary alicyclic amines) is 1. The van der Waals surface area contributed by atoms with Crippen LogP contribution in [-0.2, 0) is 4.79 Å². The van der Waals surface area contributed by atoms with Crippen molar-refractivity contribution in [1.82, 2.24) is 10.2 Å². The first-order valence-electron chi connectivity index (χ1n) is 8.99. The van der Waals surface area contributed by atoms with Gasteiger partial charge in [0.05, 0.1) is 10.6 Å². The lowest BCUT2D eigenvalue weighted by Gasteiger charge is -2.44. The molecule has 24 heavy (non-hydrogen) atoms. The molecule has 1 aromatic carbocycles. The van der Waals surface area contributed by atoms with E-state index in [2.05, 4.69) is 10.2 Å². The summed E-state index contributed by atoms with van der Waals surface area (Å²) in [5.74, 6) is 0.641. The lowest BCUT2D eigenvalue weighted by molar-refractivity contribution is -0.137. The minimum absolute atomic E-state index is 0.172. The smallest absolute Gasteiger partial charge is 0.252 e. The Balaban J connectivity index is 1.50. The molecule has 0 radical (unpaired) electrons. The molecule has 1 aromatic rings. The molecule has 3 rings (SSSR count). The first-order chi connectivity index (χ1) is 11.7. The van der Waals surface area contributed by atoms with E-state index in [4.69, 9.17) is 11.6 Å². The summed E-state index contributed by atoms with van der Waals surface area (Å²) in [6.45, 7) is 1.23. The number of carbonyl (C=O) groups excluding carboxylic acids is 2. The fourth-order valence-corrected chi connectivity index (χ4v) is 4.32. The molecule has 0 unspecified atom stereocenters. The van der Waals surface area contributed by atoms with Gasteiger partial charge in [-0.3, -0.25) is 9.59 Å². The zero-order chi connectivity index (χ0) is 16.9. The summed E-state index contributed by atoms with van der Waals surface area (Å²) in [5.41, 5.74) is 0.455. The molecule has 1 saturated heterocycles. The molecule has 0 aromatic heterocycles. The molecular weight excluding hydrogens is 324 g/mol. The van der Waals surface area contributed by atoms with Crippen LogP contribution in [0, 0.1) is 5.92 Å². The number of hydrogen-bond donors (Lipinski definition) is 1. The van der Waals surface area contributed by atoms with Crippen LogP contribution in [-0.4, -0.2) is 35.8 Å². The van der Waals surface area contributed by atoms with Crippen LogP contribution in [0.5, 0.6) is 0 Å². The largest absolute Gasteiger partial charge is 0.351 e. The summed E-state index contributed by atoms with van der Waals surface area (Å²) in [6.07, 6.45) is 7.67. The number of amides is 2. The van der Waals surface area contributed by atoms with Crippen LogP contribution < -0.4 is 5.32 Å². The highest BCUT2D eigenvalue weighted by Gasteiger charge is 2.35. The summed E-state index contributed by atoms with van der Waals surface area (Å²) < 4.78 is 0. The predicted octanol–water partition coefficient (Wildman–Crippen LogP) is 3.64. The second-order valence-electron chi connectivity index (χ2n) is 6.83. The number of nitrogens with zero attached hydrogens (tertiary/aromatic N) is 1. The molecule has 1 heterocycles. The summed E-state index contributed by atoms with van der Waals surface area (Å²) in [5, 5.41) is 3.24. The predicted molar refractivity (Wildman–Crippen MR) is 95.1 cm³/mol. The van der Waals surface area contributed by atoms with Crippen molar-refractivity contribution in [3.8, 4) is 0 Å². The molecule has 4 nitrogen and oxygen atoms in total. The van der Waals surface area contributed by atoms with Gasteiger partial charge in [0, 0.05) is 25.6 Å². The van der Waals surface area contributed by atoms with E-state index in [9.17, 15) is 9.59 Å². The van der Waals surface area contributed by atoms with E-state index in [1.165, 1.54) is 25.7 Å². The van der Waals surface area contributed by atoms with E-state index < -0.39 is 0 Å². The SMILES string of the molecule is O=C(NCCC(=O)N1CCC[C@@H]2CCCC[C@@H]21)c1ccccc1Cl. The molecule has 1 aliphatic heterocycles. The third-order valence-corrected chi connectivity index (χ3v) is 5.64. The van der Waals surface area contributed by atoms with Crippen LogP contribution in [0.15, 0.2) is 24.3 Å². The van der Waals surface area contributed by atoms with Crippen LogP contribution in [0.2, 0.25) is 5.02 Å². The van der Waals surface area contributed by atoms with E-state index in [1.54, 1.807) is 24.3 Å². The van der Waals surface area contributed by atoms with Gasteiger partial charge in [0.2, 0.25) is 5.91 Å². The van der Waals surface area contributed by atoms with Gasteiger partial charge in [-0.25, -0.2) is 0 Å². The van der Waals surface area contributed by atoms with Crippen molar-refractivity contribution < 1.29 is 9.59 Å². The van der Waals surface area contributed by atoms with Crippen LogP contribution >= 0.6 is 11.6 Å². The average Bonchev–Trinajstić information content (AvgIpc) is 2.61. The third-order valence-electron chi connectivity index (χ3n) is 5.31. The Morgan fingerprint density at radius 2 is 1.88 bits per heavy atom. The highest BCUT2D eigenvalue weighted by molar-refractivity contribution is 6.33. The van der Waals surface area contributed by atoms with Gasteiger partial charge < -0.3 is 10.2 Å². The number of nitrogens with one attached hydrogen (secondary N) is 1. The second-order valence-corrected chi connectivity index (χ2v) is 7.23. The van der Waals surface area contributed by atoms with Gasteiger partial charge in [-0.15, -0.1) is 0 Å². The number of fused-ring (bicyclic) bond motifs is 1. The minimum Gasteiger partial charge on any atom is -0.351 e. The maximum absolute atomic E-state index is 12.6. The second kappa shape index (κ2) is 8.02. The number of hydrogen-bond acceptors (Lipinski definition) is 2.